The molecule has 1 saturated heterocycles. The number of aryl methyl sites for hydroxylation is 1. The summed E-state index contributed by atoms with van der Waals surface area (Å²) < 4.78 is 26.8. The predicted octanol–water partition coefficient (Wildman–Crippen LogP) is 4.28. The van der Waals surface area contributed by atoms with Gasteiger partial charge in [0.15, 0.2) is 11.2 Å². The van der Waals surface area contributed by atoms with Crippen LogP contribution in [0.3, 0.4) is 0 Å². The van der Waals surface area contributed by atoms with Crippen LogP contribution < -0.4 is 0 Å². The smallest absolute Gasteiger partial charge is 0.244 e. The number of fused-ring (bicyclic) bond motifs is 1. The summed E-state index contributed by atoms with van der Waals surface area (Å²) in [6, 6.07) is 0. The lowest BCUT2D eigenvalue weighted by Gasteiger charge is -2.39. The van der Waals surface area contributed by atoms with E-state index in [0.717, 1.165) is 44.2 Å². The Balaban J connectivity index is 2.06. The van der Waals surface area contributed by atoms with Crippen LogP contribution in [0.1, 0.15) is 77.6 Å². The molecule has 35 heavy (non-hydrogen) atoms. The van der Waals surface area contributed by atoms with Gasteiger partial charge in [0.05, 0.1) is 18.5 Å². The number of rotatable bonds is 15. The molecule has 3 heterocycles. The summed E-state index contributed by atoms with van der Waals surface area (Å²) in [5.41, 5.74) is 0.480. The Labute approximate surface area is 213 Å². The number of aliphatic hydroxyl groups is 1. The molecule has 2 aromatic heterocycles. The third kappa shape index (κ3) is 5.83. The molecule has 3 rings (SSSR count). The Morgan fingerprint density at radius 3 is 2.49 bits per heavy atom. The first kappa shape index (κ1) is 28.3. The van der Waals surface area contributed by atoms with Gasteiger partial charge < -0.3 is 24.1 Å². The standard InChI is InChI=1S/C25H42N4O5S/c1-7-10-13-31-17-19-21(32-14-11-8-2)24(5,33-15-12-9-3)25(30,34-19)20-16-26-22-18(4)27-23(35-6)28-29(20)22/h16,19,21,30H,7-15,17H2,1-6H3/t19-,21-,24-,25+/m1/s1. The normalized spacial score (nSPS) is 26.7. The van der Waals surface area contributed by atoms with Gasteiger partial charge in [-0.25, -0.2) is 14.5 Å². The van der Waals surface area contributed by atoms with Crippen molar-refractivity contribution in [2.75, 3.05) is 32.7 Å². The van der Waals surface area contributed by atoms with Gasteiger partial charge in [0.2, 0.25) is 10.9 Å². The second kappa shape index (κ2) is 12.8. The summed E-state index contributed by atoms with van der Waals surface area (Å²) in [6.45, 7) is 12.0. The van der Waals surface area contributed by atoms with Gasteiger partial charge in [-0.1, -0.05) is 51.8 Å². The first-order chi connectivity index (χ1) is 16.9. The number of imidazole rings is 1. The molecule has 0 radical (unpaired) electrons. The topological polar surface area (TPSA) is 100 Å². The first-order valence-corrected chi connectivity index (χ1v) is 14.1. The van der Waals surface area contributed by atoms with Crippen molar-refractivity contribution in [1.82, 2.24) is 19.6 Å². The van der Waals surface area contributed by atoms with Crippen molar-refractivity contribution in [1.29, 1.82) is 0 Å². The highest BCUT2D eigenvalue weighted by Crippen LogP contribution is 2.49. The van der Waals surface area contributed by atoms with Crippen molar-refractivity contribution < 1.29 is 24.1 Å². The van der Waals surface area contributed by atoms with Crippen LogP contribution in [0.4, 0.5) is 0 Å². The maximum Gasteiger partial charge on any atom is 0.244 e. The van der Waals surface area contributed by atoms with Crippen molar-refractivity contribution in [2.45, 2.75) is 102 Å². The number of ether oxygens (including phenoxy) is 4. The SMILES string of the molecule is CCCCOC[C@H]1O[C@@](O)(c2cnc3c(C)nc(SC)nn23)[C@](C)(OCCCC)[C@@H]1OCCCC. The van der Waals surface area contributed by atoms with Crippen LogP contribution >= 0.6 is 11.8 Å². The molecule has 2 aromatic rings. The van der Waals surface area contributed by atoms with Crippen LogP contribution in [0.5, 0.6) is 0 Å². The van der Waals surface area contributed by atoms with E-state index in [1.54, 1.807) is 10.7 Å². The molecule has 1 aliphatic rings. The molecule has 1 N–H and O–H groups in total. The number of unbranched alkanes of at least 4 members (excludes halogenated alkanes) is 3. The van der Waals surface area contributed by atoms with E-state index in [4.69, 9.17) is 18.9 Å². The minimum atomic E-state index is -1.85. The monoisotopic (exact) mass is 510 g/mol. The van der Waals surface area contributed by atoms with Gasteiger partial charge in [-0.05, 0) is 39.4 Å². The molecule has 1 aliphatic heterocycles. The summed E-state index contributed by atoms with van der Waals surface area (Å²) in [4.78, 5) is 9.01. The molecular formula is C25H42N4O5S. The van der Waals surface area contributed by atoms with Gasteiger partial charge in [0, 0.05) is 19.8 Å². The van der Waals surface area contributed by atoms with E-state index in [2.05, 4.69) is 35.8 Å². The second-order valence-corrected chi connectivity index (χ2v) is 10.0. The molecule has 0 unspecified atom stereocenters. The lowest BCUT2D eigenvalue weighted by Crippen LogP contribution is -2.56. The highest BCUT2D eigenvalue weighted by molar-refractivity contribution is 7.98. The fourth-order valence-electron chi connectivity index (χ4n) is 4.37. The van der Waals surface area contributed by atoms with Gasteiger partial charge >= 0.3 is 0 Å². The molecule has 9 nitrogen and oxygen atoms in total. The first-order valence-electron chi connectivity index (χ1n) is 12.9. The Morgan fingerprint density at radius 1 is 1.11 bits per heavy atom. The Morgan fingerprint density at radius 2 is 1.80 bits per heavy atom. The second-order valence-electron chi connectivity index (χ2n) is 9.25. The van der Waals surface area contributed by atoms with Gasteiger partial charge in [-0.2, -0.15) is 0 Å². The number of aromatic nitrogens is 4. The molecule has 0 aromatic carbocycles. The van der Waals surface area contributed by atoms with Crippen molar-refractivity contribution in [3.63, 3.8) is 0 Å². The van der Waals surface area contributed by atoms with E-state index >= 15 is 0 Å². The van der Waals surface area contributed by atoms with E-state index in [9.17, 15) is 5.11 Å². The lowest BCUT2D eigenvalue weighted by atomic mass is 9.87. The highest BCUT2D eigenvalue weighted by Gasteiger charge is 2.67. The third-order valence-corrected chi connectivity index (χ3v) is 7.07. The quantitative estimate of drug-likeness (QED) is 0.278. The zero-order valence-corrected chi connectivity index (χ0v) is 22.9. The maximum absolute atomic E-state index is 12.3. The van der Waals surface area contributed by atoms with Crippen LogP contribution in [0.25, 0.3) is 5.65 Å². The molecule has 10 heteroatoms. The number of hydrogen-bond acceptors (Lipinski definition) is 9. The predicted molar refractivity (Wildman–Crippen MR) is 136 cm³/mol. The van der Waals surface area contributed by atoms with E-state index in [1.165, 1.54) is 11.8 Å². The van der Waals surface area contributed by atoms with Crippen LogP contribution in [0, 0.1) is 6.92 Å². The summed E-state index contributed by atoms with van der Waals surface area (Å²) >= 11 is 1.43. The van der Waals surface area contributed by atoms with E-state index in [1.807, 2.05) is 20.1 Å². The van der Waals surface area contributed by atoms with Gasteiger partial charge in [-0.3, -0.25) is 0 Å². The minimum absolute atomic E-state index is 0.298. The number of hydrogen-bond donors (Lipinski definition) is 1. The average Bonchev–Trinajstić information content (AvgIpc) is 3.36. The van der Waals surface area contributed by atoms with E-state index < -0.39 is 23.6 Å². The van der Waals surface area contributed by atoms with Crippen molar-refractivity contribution in [3.05, 3.63) is 17.6 Å². The minimum Gasteiger partial charge on any atom is -0.379 e. The maximum atomic E-state index is 12.3. The molecule has 0 aliphatic carbocycles. The van der Waals surface area contributed by atoms with Crippen molar-refractivity contribution in [2.24, 2.45) is 0 Å². The fraction of sp³-hybridized carbons (Fsp3) is 0.800. The molecular weight excluding hydrogens is 468 g/mol. The fourth-order valence-corrected chi connectivity index (χ4v) is 4.76. The van der Waals surface area contributed by atoms with Gasteiger partial charge in [0.25, 0.3) is 0 Å². The van der Waals surface area contributed by atoms with Crippen LogP contribution in [-0.4, -0.2) is 75.2 Å². The number of thioether (sulfide) groups is 1. The Kier molecular flexibility index (Phi) is 10.3. The third-order valence-electron chi connectivity index (χ3n) is 6.54. The summed E-state index contributed by atoms with van der Waals surface area (Å²) in [7, 11) is 0. The molecule has 0 spiro atoms. The Bertz CT molecular complexity index is 944. The molecule has 0 saturated carbocycles. The largest absolute Gasteiger partial charge is 0.379 e. The molecule has 198 valence electrons. The van der Waals surface area contributed by atoms with Crippen LogP contribution in [-0.2, 0) is 24.7 Å². The van der Waals surface area contributed by atoms with Crippen molar-refractivity contribution >= 4 is 17.4 Å². The molecule has 1 fully saturated rings. The molecule has 0 amide bonds. The van der Waals surface area contributed by atoms with E-state index in [-0.39, 0.29) is 0 Å². The zero-order chi connectivity index (χ0) is 25.5. The van der Waals surface area contributed by atoms with Crippen LogP contribution in [0.15, 0.2) is 11.4 Å². The van der Waals surface area contributed by atoms with E-state index in [0.29, 0.717) is 42.9 Å². The molecule has 0 bridgehead atoms. The molecule has 4 atom stereocenters. The van der Waals surface area contributed by atoms with Crippen LogP contribution in [0.2, 0.25) is 0 Å². The summed E-state index contributed by atoms with van der Waals surface area (Å²) in [5, 5.41) is 17.5. The zero-order valence-electron chi connectivity index (χ0n) is 22.1. The Hall–Kier alpha value is -1.30. The lowest BCUT2D eigenvalue weighted by molar-refractivity contribution is -0.291. The average molecular weight is 511 g/mol. The van der Waals surface area contributed by atoms with Gasteiger partial charge in [0.1, 0.15) is 17.9 Å². The van der Waals surface area contributed by atoms with Crippen molar-refractivity contribution in [3.8, 4) is 0 Å². The number of nitrogens with zero attached hydrogens (tertiary/aromatic N) is 4. The summed E-state index contributed by atoms with van der Waals surface area (Å²) in [5.74, 6) is -1.85. The van der Waals surface area contributed by atoms with Gasteiger partial charge in [-0.15, -0.1) is 5.10 Å². The highest BCUT2D eigenvalue weighted by atomic mass is 32.2. The summed E-state index contributed by atoms with van der Waals surface area (Å²) in [6.07, 6.45) is 8.21.